The van der Waals surface area contributed by atoms with Crippen LogP contribution in [0.5, 0.6) is 5.75 Å². The molecule has 0 aliphatic heterocycles. The number of ether oxygens (including phenoxy) is 1. The van der Waals surface area contributed by atoms with Crippen LogP contribution in [-0.4, -0.2) is 31.2 Å². The van der Waals surface area contributed by atoms with E-state index in [-0.39, 0.29) is 10.6 Å². The van der Waals surface area contributed by atoms with E-state index in [0.29, 0.717) is 17.1 Å². The van der Waals surface area contributed by atoms with Crippen LogP contribution >= 0.6 is 0 Å². The Balaban J connectivity index is 1.89. The van der Waals surface area contributed by atoms with Gasteiger partial charge in [-0.15, -0.1) is 0 Å². The van der Waals surface area contributed by atoms with E-state index >= 15 is 0 Å². The molecule has 2 N–H and O–H groups in total. The number of sulfonamides is 1. The molecule has 0 saturated carbocycles. The lowest BCUT2D eigenvalue weighted by molar-refractivity contribution is 0.0688. The highest BCUT2D eigenvalue weighted by molar-refractivity contribution is 7.92. The second-order valence-electron chi connectivity index (χ2n) is 5.85. The third-order valence-electron chi connectivity index (χ3n) is 4.05. The summed E-state index contributed by atoms with van der Waals surface area (Å²) in [6.07, 6.45) is 1.65. The van der Waals surface area contributed by atoms with Gasteiger partial charge in [0, 0.05) is 17.6 Å². The van der Waals surface area contributed by atoms with Crippen LogP contribution in [0.15, 0.2) is 65.7 Å². The maximum absolute atomic E-state index is 12.5. The van der Waals surface area contributed by atoms with Gasteiger partial charge in [0.05, 0.1) is 12.0 Å². The molecule has 0 spiro atoms. The van der Waals surface area contributed by atoms with E-state index in [1.165, 1.54) is 25.3 Å². The van der Waals surface area contributed by atoms with Crippen molar-refractivity contribution in [3.63, 3.8) is 0 Å². The number of hydrogen-bond acceptors (Lipinski definition) is 4. The number of carboxylic acid groups (broad SMARTS) is 1. The highest BCUT2D eigenvalue weighted by Gasteiger charge is 2.16. The summed E-state index contributed by atoms with van der Waals surface area (Å²) in [5.41, 5.74) is 1.90. The first-order valence-electron chi connectivity index (χ1n) is 8.00. The molecule has 27 heavy (non-hydrogen) atoms. The number of nitrogens with zero attached hydrogens (tertiary/aromatic N) is 1. The number of hydrogen-bond donors (Lipinski definition) is 2. The number of methoxy groups -OCH3 is 1. The van der Waals surface area contributed by atoms with Crippen molar-refractivity contribution in [2.75, 3.05) is 11.8 Å². The second kappa shape index (κ2) is 7.16. The monoisotopic (exact) mass is 386 g/mol. The van der Waals surface area contributed by atoms with E-state index in [1.807, 2.05) is 0 Å². The molecule has 0 radical (unpaired) electrons. The summed E-state index contributed by atoms with van der Waals surface area (Å²) in [6, 6.07) is 14.1. The van der Waals surface area contributed by atoms with Gasteiger partial charge in [-0.25, -0.2) is 13.2 Å². The molecule has 3 aromatic rings. The number of anilines is 1. The lowest BCUT2D eigenvalue weighted by Crippen LogP contribution is -2.13. The number of benzene rings is 2. The Morgan fingerprint density at radius 2 is 1.81 bits per heavy atom. The van der Waals surface area contributed by atoms with Gasteiger partial charge in [-0.05, 0) is 67.1 Å². The minimum atomic E-state index is -3.75. The normalized spacial score (nSPS) is 11.2. The van der Waals surface area contributed by atoms with Gasteiger partial charge >= 0.3 is 5.97 Å². The Kier molecular flexibility index (Phi) is 4.91. The number of aryl methyl sites for hydroxylation is 1. The van der Waals surface area contributed by atoms with Crippen molar-refractivity contribution in [1.82, 2.24) is 4.57 Å². The minimum Gasteiger partial charge on any atom is -0.497 e. The second-order valence-corrected chi connectivity index (χ2v) is 7.53. The molecule has 8 heteroatoms. The topological polar surface area (TPSA) is 97.6 Å². The van der Waals surface area contributed by atoms with Crippen molar-refractivity contribution < 1.29 is 23.1 Å². The van der Waals surface area contributed by atoms with Crippen molar-refractivity contribution in [3.8, 4) is 11.4 Å². The molecule has 3 rings (SSSR count). The average Bonchev–Trinajstić information content (AvgIpc) is 3.11. The number of carbonyl (C=O) groups is 1. The Morgan fingerprint density at radius 3 is 2.41 bits per heavy atom. The molecule has 1 heterocycles. The molecule has 0 fully saturated rings. The van der Waals surface area contributed by atoms with Crippen molar-refractivity contribution in [3.05, 3.63) is 72.1 Å². The van der Waals surface area contributed by atoms with Crippen molar-refractivity contribution in [1.29, 1.82) is 0 Å². The summed E-state index contributed by atoms with van der Waals surface area (Å²) in [4.78, 5) is 11.4. The molecule has 0 atom stereocenters. The number of aromatic nitrogens is 1. The molecule has 0 aliphatic rings. The number of carboxylic acids is 1. The van der Waals surface area contributed by atoms with Crippen LogP contribution in [0, 0.1) is 6.92 Å². The maximum atomic E-state index is 12.5. The summed E-state index contributed by atoms with van der Waals surface area (Å²) in [5, 5.41) is 9.26. The first-order chi connectivity index (χ1) is 12.8. The van der Waals surface area contributed by atoms with Gasteiger partial charge < -0.3 is 14.4 Å². The Bertz CT molecular complexity index is 1090. The molecule has 0 amide bonds. The standard InChI is InChI=1S/C19H18N2O5S/c1-13-12-14(5-10-17(13)21-11-3-4-18(21)19(22)23)20-27(24,25)16-8-6-15(26-2)7-9-16/h3-12,20H,1-2H3,(H,22,23). The molecule has 0 bridgehead atoms. The van der Waals surface area contributed by atoms with Crippen LogP contribution in [0.2, 0.25) is 0 Å². The SMILES string of the molecule is COc1ccc(S(=O)(=O)Nc2ccc(-n3cccc3C(=O)O)c(C)c2)cc1. The molecule has 0 saturated heterocycles. The predicted octanol–water partition coefficient (Wildman–Crippen LogP) is 3.29. The Morgan fingerprint density at radius 1 is 1.11 bits per heavy atom. The quantitative estimate of drug-likeness (QED) is 0.677. The first-order valence-corrected chi connectivity index (χ1v) is 9.49. The fourth-order valence-corrected chi connectivity index (χ4v) is 3.77. The molecule has 0 unspecified atom stereocenters. The van der Waals surface area contributed by atoms with E-state index in [4.69, 9.17) is 4.74 Å². The van der Waals surface area contributed by atoms with Gasteiger partial charge in [-0.2, -0.15) is 0 Å². The molecule has 0 aliphatic carbocycles. The lowest BCUT2D eigenvalue weighted by atomic mass is 10.1. The third kappa shape index (κ3) is 3.80. The van der Waals surface area contributed by atoms with Gasteiger partial charge in [0.15, 0.2) is 0 Å². The van der Waals surface area contributed by atoms with Crippen molar-refractivity contribution in [2.45, 2.75) is 11.8 Å². The van der Waals surface area contributed by atoms with Crippen LogP contribution in [0.3, 0.4) is 0 Å². The number of rotatable bonds is 6. The van der Waals surface area contributed by atoms with E-state index in [2.05, 4.69) is 4.72 Å². The summed E-state index contributed by atoms with van der Waals surface area (Å²) in [6.45, 7) is 1.78. The first kappa shape index (κ1) is 18.5. The van der Waals surface area contributed by atoms with Crippen molar-refractivity contribution in [2.24, 2.45) is 0 Å². The molecule has 2 aromatic carbocycles. The molecular formula is C19H18N2O5S. The van der Waals surface area contributed by atoms with Crippen LogP contribution < -0.4 is 9.46 Å². The Labute approximate surface area is 156 Å². The summed E-state index contributed by atoms with van der Waals surface area (Å²) >= 11 is 0. The van der Waals surface area contributed by atoms with E-state index < -0.39 is 16.0 Å². The average molecular weight is 386 g/mol. The highest BCUT2D eigenvalue weighted by Crippen LogP contribution is 2.24. The van der Waals surface area contributed by atoms with E-state index in [1.54, 1.807) is 54.1 Å². The van der Waals surface area contributed by atoms with Crippen LogP contribution in [0.4, 0.5) is 5.69 Å². The van der Waals surface area contributed by atoms with Gasteiger partial charge in [0.2, 0.25) is 0 Å². The molecule has 1 aromatic heterocycles. The maximum Gasteiger partial charge on any atom is 0.352 e. The van der Waals surface area contributed by atoms with Gasteiger partial charge in [-0.3, -0.25) is 4.72 Å². The molecular weight excluding hydrogens is 368 g/mol. The smallest absolute Gasteiger partial charge is 0.352 e. The predicted molar refractivity (Wildman–Crippen MR) is 101 cm³/mol. The Hall–Kier alpha value is -3.26. The molecule has 140 valence electrons. The summed E-state index contributed by atoms with van der Waals surface area (Å²) < 4.78 is 34.2. The lowest BCUT2D eigenvalue weighted by Gasteiger charge is -2.13. The van der Waals surface area contributed by atoms with Crippen molar-refractivity contribution >= 4 is 21.7 Å². The van der Waals surface area contributed by atoms with Crippen LogP contribution in [-0.2, 0) is 10.0 Å². The van der Waals surface area contributed by atoms with Crippen LogP contribution in [0.1, 0.15) is 16.1 Å². The minimum absolute atomic E-state index is 0.114. The van der Waals surface area contributed by atoms with E-state index in [0.717, 1.165) is 5.56 Å². The van der Waals surface area contributed by atoms with Gasteiger partial charge in [-0.1, -0.05) is 0 Å². The largest absolute Gasteiger partial charge is 0.497 e. The molecule has 7 nitrogen and oxygen atoms in total. The summed E-state index contributed by atoms with van der Waals surface area (Å²) in [7, 11) is -2.24. The highest BCUT2D eigenvalue weighted by atomic mass is 32.2. The number of nitrogens with one attached hydrogen (secondary N) is 1. The summed E-state index contributed by atoms with van der Waals surface area (Å²) in [5.74, 6) is -0.473. The van der Waals surface area contributed by atoms with Gasteiger partial charge in [0.1, 0.15) is 11.4 Å². The zero-order valence-corrected chi connectivity index (χ0v) is 15.5. The third-order valence-corrected chi connectivity index (χ3v) is 5.44. The fraction of sp³-hybridized carbons (Fsp3) is 0.105. The number of aromatic carboxylic acids is 1. The fourth-order valence-electron chi connectivity index (χ4n) is 2.72. The van der Waals surface area contributed by atoms with Crippen LogP contribution in [0.25, 0.3) is 5.69 Å². The zero-order valence-electron chi connectivity index (χ0n) is 14.7. The van der Waals surface area contributed by atoms with E-state index in [9.17, 15) is 18.3 Å². The van der Waals surface area contributed by atoms with Gasteiger partial charge in [0.25, 0.3) is 10.0 Å². The zero-order chi connectivity index (χ0) is 19.6.